The molecule has 0 saturated carbocycles. The molecule has 0 aliphatic carbocycles. The Morgan fingerprint density at radius 1 is 0.929 bits per heavy atom. The molecular weight excluding hydrogens is 222 g/mol. The SMILES string of the molecule is CO[Si](C)(C)C.C[O-].C[Si](C)(C)F.[F-]. The topological polar surface area (TPSA) is 32.3 Å². The molecule has 14 heavy (non-hydrogen) atoms. The van der Waals surface area contributed by atoms with E-state index >= 15 is 0 Å². The van der Waals surface area contributed by atoms with Gasteiger partial charge in [-0.3, -0.25) is 0 Å². The van der Waals surface area contributed by atoms with Gasteiger partial charge in [0, 0.05) is 7.11 Å². The van der Waals surface area contributed by atoms with Crippen molar-refractivity contribution in [2.75, 3.05) is 14.2 Å². The van der Waals surface area contributed by atoms with Crippen LogP contribution in [0, 0.1) is 0 Å². The Hall–Kier alpha value is 0.214. The Kier molecular flexibility index (Phi) is 19.2. The molecule has 92 valence electrons. The first-order valence-electron chi connectivity index (χ1n) is 4.21. The second kappa shape index (κ2) is 11.3. The van der Waals surface area contributed by atoms with Crippen LogP contribution in [0.1, 0.15) is 0 Å². The molecule has 0 atom stereocenters. The summed E-state index contributed by atoms with van der Waals surface area (Å²) in [6, 6.07) is 0. The molecule has 0 unspecified atom stereocenters. The third-order valence-corrected chi connectivity index (χ3v) is 1.84. The second-order valence-electron chi connectivity index (χ2n) is 4.38. The van der Waals surface area contributed by atoms with Gasteiger partial charge >= 0.3 is 0 Å². The van der Waals surface area contributed by atoms with Gasteiger partial charge in [0.2, 0.25) is 8.41 Å². The summed E-state index contributed by atoms with van der Waals surface area (Å²) < 4.78 is 16.9. The van der Waals surface area contributed by atoms with E-state index in [1.807, 2.05) is 0 Å². The van der Waals surface area contributed by atoms with E-state index in [4.69, 9.17) is 9.53 Å². The highest BCUT2D eigenvalue weighted by atomic mass is 28.4. The molecule has 0 aromatic rings. The molecule has 0 bridgehead atoms. The fourth-order valence-electron chi connectivity index (χ4n) is 0. The molecule has 0 aliphatic heterocycles. The van der Waals surface area contributed by atoms with E-state index in [2.05, 4.69) is 19.6 Å². The standard InChI is InChI=1S/C4H12OSi.C3H9FSi.CH3O.FH/c1-5-6(2,3)4;1-5(2,3)4;1-2;/h1-4H3;1-3H3;1H3;1H/q;;-1;/p-1. The summed E-state index contributed by atoms with van der Waals surface area (Å²) in [5.74, 6) is 0. The first-order valence-corrected chi connectivity index (χ1v) is 11.0. The van der Waals surface area contributed by atoms with Crippen molar-refractivity contribution in [2.24, 2.45) is 0 Å². The summed E-state index contributed by atoms with van der Waals surface area (Å²) in [5, 5.41) is 8.25. The Morgan fingerprint density at radius 3 is 1.00 bits per heavy atom. The maximum Gasteiger partial charge on any atom is 0.237 e. The van der Waals surface area contributed by atoms with Crippen LogP contribution in [0.25, 0.3) is 0 Å². The van der Waals surface area contributed by atoms with Gasteiger partial charge in [0.25, 0.3) is 0 Å². The minimum Gasteiger partial charge on any atom is -1.00 e. The van der Waals surface area contributed by atoms with E-state index in [1.165, 1.54) is 0 Å². The number of hydrogen-bond acceptors (Lipinski definition) is 2. The number of hydrogen-bond donors (Lipinski definition) is 0. The van der Waals surface area contributed by atoms with Crippen molar-refractivity contribution in [3.8, 4) is 0 Å². The Labute approximate surface area is 89.2 Å². The van der Waals surface area contributed by atoms with Gasteiger partial charge < -0.3 is 18.3 Å². The first kappa shape index (κ1) is 23.8. The first-order chi connectivity index (χ1) is 5.56. The van der Waals surface area contributed by atoms with Gasteiger partial charge in [-0.15, -0.1) is 0 Å². The highest BCUT2D eigenvalue weighted by Gasteiger charge is 2.09. The van der Waals surface area contributed by atoms with E-state index in [-0.39, 0.29) is 4.70 Å². The summed E-state index contributed by atoms with van der Waals surface area (Å²) in [4.78, 5) is 0. The van der Waals surface area contributed by atoms with Crippen LogP contribution < -0.4 is 9.81 Å². The van der Waals surface area contributed by atoms with Crippen LogP contribution >= 0.6 is 0 Å². The van der Waals surface area contributed by atoms with E-state index in [0.717, 1.165) is 7.11 Å². The molecule has 0 amide bonds. The maximum atomic E-state index is 11.8. The van der Waals surface area contributed by atoms with Crippen molar-refractivity contribution in [1.29, 1.82) is 0 Å². The van der Waals surface area contributed by atoms with Crippen LogP contribution in [-0.4, -0.2) is 30.9 Å². The molecule has 0 aromatic carbocycles. The minimum absolute atomic E-state index is 0. The Bertz CT molecular complexity index is 94.5. The normalized spacial score (nSPS) is 9.86. The maximum absolute atomic E-state index is 11.8. The van der Waals surface area contributed by atoms with E-state index in [9.17, 15) is 4.11 Å². The summed E-state index contributed by atoms with van der Waals surface area (Å²) in [5.41, 5.74) is 0. The molecule has 0 saturated heterocycles. The van der Waals surface area contributed by atoms with Crippen molar-refractivity contribution in [3.63, 3.8) is 0 Å². The molecule has 0 radical (unpaired) electrons. The Balaban J connectivity index is -0.0000000576. The van der Waals surface area contributed by atoms with E-state index < -0.39 is 16.7 Å². The second-order valence-corrected chi connectivity index (χ2v) is 13.2. The molecule has 2 nitrogen and oxygen atoms in total. The fraction of sp³-hybridized carbons (Fsp3) is 1.00. The van der Waals surface area contributed by atoms with E-state index in [1.54, 1.807) is 26.8 Å². The predicted octanol–water partition coefficient (Wildman–Crippen LogP) is -0.761. The molecular formula is C8H24F2O2Si2-2. The molecule has 0 spiro atoms. The highest BCUT2D eigenvalue weighted by molar-refractivity contribution is 6.69. The number of halogens is 2. The summed E-state index contributed by atoms with van der Waals surface area (Å²) >= 11 is 0. The minimum atomic E-state index is -2.11. The van der Waals surface area contributed by atoms with Crippen molar-refractivity contribution in [3.05, 3.63) is 0 Å². The summed E-state index contributed by atoms with van der Waals surface area (Å²) in [6.07, 6.45) is 0. The lowest BCUT2D eigenvalue weighted by molar-refractivity contribution is -0.325. The molecule has 0 aliphatic rings. The average molecular weight is 246 g/mol. The third kappa shape index (κ3) is 149. The van der Waals surface area contributed by atoms with Crippen molar-refractivity contribution in [2.45, 2.75) is 39.3 Å². The van der Waals surface area contributed by atoms with Gasteiger partial charge in [-0.1, -0.05) is 0 Å². The predicted molar refractivity (Wildman–Crippen MR) is 60.7 cm³/mol. The summed E-state index contributed by atoms with van der Waals surface area (Å²) in [7, 11) is -0.722. The van der Waals surface area contributed by atoms with Crippen LogP contribution in [0.3, 0.4) is 0 Å². The largest absolute Gasteiger partial charge is 1.00 e. The lowest BCUT2D eigenvalue weighted by Crippen LogP contribution is -3.00. The van der Waals surface area contributed by atoms with Crippen LogP contribution in [-0.2, 0) is 4.43 Å². The molecule has 0 heterocycles. The van der Waals surface area contributed by atoms with Crippen molar-refractivity contribution >= 4 is 16.7 Å². The molecule has 0 aromatic heterocycles. The van der Waals surface area contributed by atoms with Crippen LogP contribution in [0.2, 0.25) is 39.3 Å². The molecule has 0 fully saturated rings. The quantitative estimate of drug-likeness (QED) is 0.450. The van der Waals surface area contributed by atoms with Crippen LogP contribution in [0.5, 0.6) is 0 Å². The van der Waals surface area contributed by atoms with Crippen molar-refractivity contribution < 1.29 is 18.3 Å². The van der Waals surface area contributed by atoms with Gasteiger partial charge in [-0.25, -0.2) is 0 Å². The molecule has 6 heteroatoms. The Morgan fingerprint density at radius 2 is 1.00 bits per heavy atom. The van der Waals surface area contributed by atoms with Gasteiger partial charge in [0.05, 0.1) is 0 Å². The van der Waals surface area contributed by atoms with Crippen molar-refractivity contribution in [1.82, 2.24) is 0 Å². The number of rotatable bonds is 1. The highest BCUT2D eigenvalue weighted by Crippen LogP contribution is 1.98. The molecule has 0 N–H and O–H groups in total. The zero-order valence-corrected chi connectivity index (χ0v) is 12.6. The van der Waals surface area contributed by atoms with Crippen LogP contribution in [0.15, 0.2) is 0 Å². The zero-order chi connectivity index (χ0) is 11.7. The average Bonchev–Trinajstić information content (AvgIpc) is 1.87. The van der Waals surface area contributed by atoms with Gasteiger partial charge in [0.15, 0.2) is 8.32 Å². The van der Waals surface area contributed by atoms with Crippen LogP contribution in [0.4, 0.5) is 4.11 Å². The lowest BCUT2D eigenvalue weighted by Gasteiger charge is -2.10. The lowest BCUT2D eigenvalue weighted by atomic mass is 11.8. The third-order valence-electron chi connectivity index (χ3n) is 0.612. The van der Waals surface area contributed by atoms with E-state index in [0.29, 0.717) is 0 Å². The fourth-order valence-corrected chi connectivity index (χ4v) is 0. The smallest absolute Gasteiger partial charge is 0.237 e. The summed E-state index contributed by atoms with van der Waals surface area (Å²) in [6.45, 7) is 11.5. The zero-order valence-electron chi connectivity index (χ0n) is 10.6. The molecule has 0 rings (SSSR count). The van der Waals surface area contributed by atoms with Gasteiger partial charge in [-0.05, 0) is 39.3 Å². The monoisotopic (exact) mass is 246 g/mol. The van der Waals surface area contributed by atoms with Gasteiger partial charge in [-0.2, -0.15) is 7.11 Å². The van der Waals surface area contributed by atoms with Gasteiger partial charge in [0.1, 0.15) is 0 Å².